The molecule has 1 N–H and O–H groups in total. The Kier molecular flexibility index (Phi) is 4.43. The van der Waals surface area contributed by atoms with Gasteiger partial charge in [-0.25, -0.2) is 9.37 Å². The zero-order valence-electron chi connectivity index (χ0n) is 12.5. The van der Waals surface area contributed by atoms with E-state index in [2.05, 4.69) is 26.2 Å². The number of rotatable bonds is 4. The second-order valence-electron chi connectivity index (χ2n) is 5.20. The van der Waals surface area contributed by atoms with Crippen molar-refractivity contribution in [2.75, 3.05) is 5.32 Å². The van der Waals surface area contributed by atoms with Crippen LogP contribution < -0.4 is 5.32 Å². The largest absolute Gasteiger partial charge is 0.321 e. The molecule has 0 saturated heterocycles. The van der Waals surface area contributed by atoms with Crippen LogP contribution in [0.4, 0.5) is 10.1 Å². The number of amides is 1. The molecular formula is C17H15BrFN3O. The zero-order valence-corrected chi connectivity index (χ0v) is 14.1. The normalized spacial score (nSPS) is 10.9. The second kappa shape index (κ2) is 6.50. The minimum absolute atomic E-state index is 0.301. The third-order valence-electron chi connectivity index (χ3n) is 3.44. The second-order valence-corrected chi connectivity index (χ2v) is 6.11. The number of halogens is 2. The van der Waals surface area contributed by atoms with Crippen molar-refractivity contribution in [3.8, 4) is 0 Å². The van der Waals surface area contributed by atoms with Crippen LogP contribution in [-0.2, 0) is 6.42 Å². The number of aryl methyl sites for hydroxylation is 1. The molecule has 0 radical (unpaired) electrons. The van der Waals surface area contributed by atoms with E-state index in [4.69, 9.17) is 0 Å². The van der Waals surface area contributed by atoms with Gasteiger partial charge in [0.1, 0.15) is 17.2 Å². The fourth-order valence-electron chi connectivity index (χ4n) is 2.48. The van der Waals surface area contributed by atoms with Crippen molar-refractivity contribution in [3.05, 3.63) is 64.3 Å². The maximum absolute atomic E-state index is 13.3. The van der Waals surface area contributed by atoms with E-state index in [0.29, 0.717) is 23.4 Å². The summed E-state index contributed by atoms with van der Waals surface area (Å²) in [4.78, 5) is 17.2. The molecule has 4 nitrogen and oxygen atoms in total. The molecule has 0 fully saturated rings. The molecule has 1 aromatic carbocycles. The summed E-state index contributed by atoms with van der Waals surface area (Å²) in [6.45, 7) is 2.04. The van der Waals surface area contributed by atoms with Crippen molar-refractivity contribution in [3.63, 3.8) is 0 Å². The first kappa shape index (κ1) is 15.7. The van der Waals surface area contributed by atoms with E-state index in [-0.39, 0.29) is 5.91 Å². The van der Waals surface area contributed by atoms with E-state index in [9.17, 15) is 9.18 Å². The Balaban J connectivity index is 2.04. The topological polar surface area (TPSA) is 46.4 Å². The molecule has 3 aromatic rings. The van der Waals surface area contributed by atoms with Gasteiger partial charge in [0, 0.05) is 16.4 Å². The monoisotopic (exact) mass is 375 g/mol. The Labute approximate surface area is 141 Å². The average molecular weight is 376 g/mol. The van der Waals surface area contributed by atoms with Crippen LogP contribution in [0.3, 0.4) is 0 Å². The van der Waals surface area contributed by atoms with Gasteiger partial charge in [0.05, 0.1) is 5.69 Å². The highest BCUT2D eigenvalue weighted by atomic mass is 79.9. The molecule has 6 heteroatoms. The zero-order chi connectivity index (χ0) is 16.4. The molecule has 0 saturated carbocycles. The summed E-state index contributed by atoms with van der Waals surface area (Å²) in [5.74, 6) is -0.692. The Bertz CT molecular complexity index is 875. The van der Waals surface area contributed by atoms with Crippen LogP contribution in [0, 0.1) is 5.82 Å². The summed E-state index contributed by atoms with van der Waals surface area (Å²) >= 11 is 3.41. The molecule has 0 unspecified atom stereocenters. The summed E-state index contributed by atoms with van der Waals surface area (Å²) in [6.07, 6.45) is 3.39. The van der Waals surface area contributed by atoms with Crippen LogP contribution >= 0.6 is 15.9 Å². The Morgan fingerprint density at radius 2 is 2.17 bits per heavy atom. The van der Waals surface area contributed by atoms with Gasteiger partial charge in [-0.1, -0.05) is 19.4 Å². The first-order valence-electron chi connectivity index (χ1n) is 7.32. The maximum Gasteiger partial charge on any atom is 0.274 e. The maximum atomic E-state index is 13.3. The fourth-order valence-corrected chi connectivity index (χ4v) is 2.81. The van der Waals surface area contributed by atoms with Crippen LogP contribution in [-0.4, -0.2) is 15.3 Å². The summed E-state index contributed by atoms with van der Waals surface area (Å²) in [7, 11) is 0. The number of carbonyl (C=O) groups is 1. The molecule has 118 valence electrons. The minimum atomic E-state index is -0.391. The lowest BCUT2D eigenvalue weighted by molar-refractivity contribution is 0.102. The predicted octanol–water partition coefficient (Wildman–Crippen LogP) is 4.44. The lowest BCUT2D eigenvalue weighted by Crippen LogP contribution is -2.16. The van der Waals surface area contributed by atoms with E-state index in [1.807, 2.05) is 25.3 Å². The molecule has 2 aromatic heterocycles. The number of benzene rings is 1. The number of aromatic nitrogens is 2. The van der Waals surface area contributed by atoms with E-state index in [1.54, 1.807) is 16.5 Å². The lowest BCUT2D eigenvalue weighted by atomic mass is 10.2. The third-order valence-corrected chi connectivity index (χ3v) is 3.91. The van der Waals surface area contributed by atoms with Gasteiger partial charge in [-0.15, -0.1) is 0 Å². The summed E-state index contributed by atoms with van der Waals surface area (Å²) in [5, 5.41) is 2.74. The molecule has 0 aliphatic carbocycles. The van der Waals surface area contributed by atoms with Crippen LogP contribution in [0.2, 0.25) is 0 Å². The highest BCUT2D eigenvalue weighted by Crippen LogP contribution is 2.20. The van der Waals surface area contributed by atoms with Crippen molar-refractivity contribution in [1.82, 2.24) is 9.38 Å². The van der Waals surface area contributed by atoms with Crippen LogP contribution in [0.15, 0.2) is 47.1 Å². The van der Waals surface area contributed by atoms with Gasteiger partial charge in [0.25, 0.3) is 5.91 Å². The summed E-state index contributed by atoms with van der Waals surface area (Å²) in [6, 6.07) is 9.57. The first-order chi connectivity index (χ1) is 11.1. The molecule has 3 rings (SSSR count). The van der Waals surface area contributed by atoms with Crippen LogP contribution in [0.25, 0.3) is 5.65 Å². The van der Waals surface area contributed by atoms with Gasteiger partial charge in [-0.05, 0) is 52.7 Å². The molecule has 0 spiro atoms. The highest BCUT2D eigenvalue weighted by molar-refractivity contribution is 9.10. The van der Waals surface area contributed by atoms with Crippen molar-refractivity contribution in [2.45, 2.75) is 19.8 Å². The molecule has 2 heterocycles. The third kappa shape index (κ3) is 3.27. The van der Waals surface area contributed by atoms with E-state index < -0.39 is 5.82 Å². The number of nitrogens with zero attached hydrogens (tertiary/aromatic N) is 2. The number of nitrogens with one attached hydrogen (secondary N) is 1. The Hall–Kier alpha value is -2.21. The van der Waals surface area contributed by atoms with Crippen molar-refractivity contribution in [1.29, 1.82) is 0 Å². The molecule has 0 bridgehead atoms. The molecule has 0 aliphatic heterocycles. The van der Waals surface area contributed by atoms with Gasteiger partial charge in [-0.2, -0.15) is 0 Å². The van der Waals surface area contributed by atoms with E-state index in [0.717, 1.165) is 16.6 Å². The van der Waals surface area contributed by atoms with Crippen LogP contribution in [0.1, 0.15) is 29.5 Å². The number of carbonyl (C=O) groups excluding carboxylic acids is 1. The number of imidazole rings is 1. The molecule has 1 amide bonds. The fraction of sp³-hybridized carbons (Fsp3) is 0.176. The van der Waals surface area contributed by atoms with Gasteiger partial charge in [0.15, 0.2) is 0 Å². The number of pyridine rings is 1. The minimum Gasteiger partial charge on any atom is -0.321 e. The summed E-state index contributed by atoms with van der Waals surface area (Å²) < 4.78 is 15.9. The van der Waals surface area contributed by atoms with Gasteiger partial charge in [0.2, 0.25) is 0 Å². The first-order valence-corrected chi connectivity index (χ1v) is 8.11. The highest BCUT2D eigenvalue weighted by Gasteiger charge is 2.19. The quantitative estimate of drug-likeness (QED) is 0.732. The SMILES string of the molecule is CCCc1nc2ccc(Br)cn2c1C(=O)Nc1cccc(F)c1. The molecular weight excluding hydrogens is 361 g/mol. The standard InChI is InChI=1S/C17H15BrFN3O/c1-2-4-14-16(22-10-11(18)7-8-15(22)21-14)17(23)20-13-6-3-5-12(19)9-13/h3,5-10H,2,4H2,1H3,(H,20,23). The van der Waals surface area contributed by atoms with E-state index >= 15 is 0 Å². The number of anilines is 1. The van der Waals surface area contributed by atoms with Gasteiger partial charge >= 0.3 is 0 Å². The van der Waals surface area contributed by atoms with Crippen molar-refractivity contribution < 1.29 is 9.18 Å². The average Bonchev–Trinajstić information content (AvgIpc) is 2.85. The summed E-state index contributed by atoms with van der Waals surface area (Å²) in [5.41, 5.74) is 2.34. The van der Waals surface area contributed by atoms with Gasteiger partial charge < -0.3 is 5.32 Å². The number of hydrogen-bond donors (Lipinski definition) is 1. The number of hydrogen-bond acceptors (Lipinski definition) is 2. The molecule has 0 aliphatic rings. The van der Waals surface area contributed by atoms with Crippen molar-refractivity contribution >= 4 is 33.2 Å². The lowest BCUT2D eigenvalue weighted by Gasteiger charge is -2.07. The van der Waals surface area contributed by atoms with E-state index in [1.165, 1.54) is 12.1 Å². The van der Waals surface area contributed by atoms with Gasteiger partial charge in [-0.3, -0.25) is 9.20 Å². The Morgan fingerprint density at radius 3 is 2.91 bits per heavy atom. The van der Waals surface area contributed by atoms with Crippen LogP contribution in [0.5, 0.6) is 0 Å². The Morgan fingerprint density at radius 1 is 1.35 bits per heavy atom. The predicted molar refractivity (Wildman–Crippen MR) is 91.2 cm³/mol. The molecule has 23 heavy (non-hydrogen) atoms. The molecule has 0 atom stereocenters. The van der Waals surface area contributed by atoms with Crippen molar-refractivity contribution in [2.24, 2.45) is 0 Å². The smallest absolute Gasteiger partial charge is 0.274 e. The number of fused-ring (bicyclic) bond motifs is 1.